The van der Waals surface area contributed by atoms with Crippen LogP contribution in [0.5, 0.6) is 0 Å². The van der Waals surface area contributed by atoms with E-state index < -0.39 is 0 Å². The van der Waals surface area contributed by atoms with Gasteiger partial charge in [-0.05, 0) is 30.2 Å². The van der Waals surface area contributed by atoms with Crippen LogP contribution in [0.4, 0.5) is 0 Å². The maximum absolute atomic E-state index is 4.16. The van der Waals surface area contributed by atoms with Crippen molar-refractivity contribution in [1.29, 1.82) is 0 Å². The summed E-state index contributed by atoms with van der Waals surface area (Å²) in [5.41, 5.74) is 4.61. The molecule has 2 aromatic heterocycles. The fraction of sp³-hybridized carbons (Fsp3) is 0.136. The summed E-state index contributed by atoms with van der Waals surface area (Å²) in [7, 11) is 1.90. The summed E-state index contributed by atoms with van der Waals surface area (Å²) in [4.78, 5) is 1.43. The lowest BCUT2D eigenvalue weighted by Crippen LogP contribution is -1.84. The number of fused-ring (bicyclic) bond motifs is 1. The Bertz CT molecular complexity index is 1090. The SMILES string of the molecule is CCc1sc2ccc(C#Cc3cnn(C)c3)cc2c1-c1ccccc1. The van der Waals surface area contributed by atoms with Gasteiger partial charge in [0.25, 0.3) is 0 Å². The van der Waals surface area contributed by atoms with Gasteiger partial charge in [0.15, 0.2) is 0 Å². The number of hydrogen-bond acceptors (Lipinski definition) is 2. The number of rotatable bonds is 2. The zero-order valence-electron chi connectivity index (χ0n) is 14.3. The van der Waals surface area contributed by atoms with E-state index >= 15 is 0 Å². The Kier molecular flexibility index (Phi) is 4.13. The number of thiophene rings is 1. The molecule has 0 aliphatic carbocycles. The maximum atomic E-state index is 4.16. The molecule has 4 rings (SSSR count). The van der Waals surface area contributed by atoms with Crippen molar-refractivity contribution in [3.63, 3.8) is 0 Å². The first-order valence-corrected chi connectivity index (χ1v) is 9.18. The van der Waals surface area contributed by atoms with Crippen LogP contribution in [0.2, 0.25) is 0 Å². The summed E-state index contributed by atoms with van der Waals surface area (Å²) in [6, 6.07) is 17.2. The Hall–Kier alpha value is -2.83. The second-order valence-electron chi connectivity index (χ2n) is 5.98. The van der Waals surface area contributed by atoms with Crippen molar-refractivity contribution < 1.29 is 0 Å². The van der Waals surface area contributed by atoms with Crippen LogP contribution in [0.25, 0.3) is 21.2 Å². The highest BCUT2D eigenvalue weighted by atomic mass is 32.1. The van der Waals surface area contributed by atoms with E-state index in [1.807, 2.05) is 24.6 Å². The van der Waals surface area contributed by atoms with Gasteiger partial charge in [-0.3, -0.25) is 4.68 Å². The molecule has 0 atom stereocenters. The van der Waals surface area contributed by atoms with Crippen LogP contribution >= 0.6 is 11.3 Å². The molecule has 25 heavy (non-hydrogen) atoms. The average Bonchev–Trinajstić information content (AvgIpc) is 3.23. The standard InChI is InChI=1S/C22H18N2S/c1-3-20-22(18-7-5-4-6-8-18)19-13-16(11-12-21(19)25-20)9-10-17-14-23-24(2)15-17/h4-8,11-15H,3H2,1-2H3. The lowest BCUT2D eigenvalue weighted by molar-refractivity contribution is 0.767. The summed E-state index contributed by atoms with van der Waals surface area (Å²) >= 11 is 1.88. The molecule has 0 spiro atoms. The van der Waals surface area contributed by atoms with Gasteiger partial charge in [0.05, 0.1) is 11.8 Å². The molecular weight excluding hydrogens is 324 g/mol. The minimum Gasteiger partial charge on any atom is -0.275 e. The first-order chi connectivity index (χ1) is 12.2. The Morgan fingerprint density at radius 3 is 2.56 bits per heavy atom. The highest BCUT2D eigenvalue weighted by Crippen LogP contribution is 2.39. The van der Waals surface area contributed by atoms with Crippen molar-refractivity contribution in [1.82, 2.24) is 9.78 Å². The molecule has 0 saturated heterocycles. The fourth-order valence-corrected chi connectivity index (χ4v) is 4.17. The van der Waals surface area contributed by atoms with Gasteiger partial charge in [-0.25, -0.2) is 0 Å². The van der Waals surface area contributed by atoms with Crippen molar-refractivity contribution in [2.24, 2.45) is 7.05 Å². The smallest absolute Gasteiger partial charge is 0.0646 e. The summed E-state index contributed by atoms with van der Waals surface area (Å²) in [6.45, 7) is 2.22. The summed E-state index contributed by atoms with van der Waals surface area (Å²) in [6.07, 6.45) is 4.77. The fourth-order valence-electron chi connectivity index (χ4n) is 3.03. The van der Waals surface area contributed by atoms with Gasteiger partial charge in [-0.1, -0.05) is 49.1 Å². The Labute approximate surface area is 151 Å². The summed E-state index contributed by atoms with van der Waals surface area (Å²) < 4.78 is 3.09. The molecule has 2 aromatic carbocycles. The molecule has 3 heteroatoms. The number of nitrogens with zero attached hydrogens (tertiary/aromatic N) is 2. The van der Waals surface area contributed by atoms with Gasteiger partial charge in [0.1, 0.15) is 0 Å². The third kappa shape index (κ3) is 3.09. The van der Waals surface area contributed by atoms with Gasteiger partial charge in [0.2, 0.25) is 0 Å². The molecule has 0 unspecified atom stereocenters. The first-order valence-electron chi connectivity index (χ1n) is 8.36. The molecule has 2 nitrogen and oxygen atoms in total. The van der Waals surface area contributed by atoms with Gasteiger partial charge in [-0.15, -0.1) is 11.3 Å². The Balaban J connectivity index is 1.83. The van der Waals surface area contributed by atoms with Gasteiger partial charge >= 0.3 is 0 Å². The normalized spacial score (nSPS) is 10.6. The lowest BCUT2D eigenvalue weighted by Gasteiger charge is -2.03. The van der Waals surface area contributed by atoms with E-state index in [1.165, 1.54) is 26.1 Å². The third-order valence-corrected chi connectivity index (χ3v) is 5.52. The van der Waals surface area contributed by atoms with Crippen LogP contribution in [0.3, 0.4) is 0 Å². The zero-order chi connectivity index (χ0) is 17.2. The Morgan fingerprint density at radius 2 is 1.84 bits per heavy atom. The Morgan fingerprint density at radius 1 is 1.04 bits per heavy atom. The topological polar surface area (TPSA) is 17.8 Å². The van der Waals surface area contributed by atoms with Crippen molar-refractivity contribution in [3.05, 3.63) is 76.9 Å². The van der Waals surface area contributed by atoms with E-state index in [9.17, 15) is 0 Å². The molecule has 0 bridgehead atoms. The molecule has 4 aromatic rings. The highest BCUT2D eigenvalue weighted by molar-refractivity contribution is 7.19. The van der Waals surface area contributed by atoms with Gasteiger partial charge in [-0.2, -0.15) is 5.10 Å². The molecule has 0 aliphatic rings. The van der Waals surface area contributed by atoms with Crippen LogP contribution in [0, 0.1) is 11.8 Å². The van der Waals surface area contributed by atoms with Gasteiger partial charge < -0.3 is 0 Å². The van der Waals surface area contributed by atoms with Crippen LogP contribution in [-0.4, -0.2) is 9.78 Å². The summed E-state index contributed by atoms with van der Waals surface area (Å²) in [5, 5.41) is 5.46. The predicted octanol–water partition coefficient (Wildman–Crippen LogP) is 5.26. The van der Waals surface area contributed by atoms with Gasteiger partial charge in [0, 0.05) is 39.3 Å². The number of aryl methyl sites for hydroxylation is 2. The van der Waals surface area contributed by atoms with Crippen LogP contribution in [-0.2, 0) is 13.5 Å². The van der Waals surface area contributed by atoms with E-state index in [-0.39, 0.29) is 0 Å². The van der Waals surface area contributed by atoms with Crippen molar-refractivity contribution in [2.75, 3.05) is 0 Å². The molecule has 0 fully saturated rings. The molecule has 0 saturated carbocycles. The second kappa shape index (κ2) is 6.58. The second-order valence-corrected chi connectivity index (χ2v) is 7.12. The molecular formula is C22H18N2S. The average molecular weight is 342 g/mol. The van der Waals surface area contributed by atoms with Crippen molar-refractivity contribution in [3.8, 4) is 23.0 Å². The van der Waals surface area contributed by atoms with Crippen molar-refractivity contribution >= 4 is 21.4 Å². The molecule has 0 aliphatic heterocycles. The predicted molar refractivity (Wildman–Crippen MR) is 106 cm³/mol. The number of benzene rings is 2. The molecule has 2 heterocycles. The molecule has 0 radical (unpaired) electrons. The van der Waals surface area contributed by atoms with E-state index in [4.69, 9.17) is 0 Å². The first kappa shape index (κ1) is 15.7. The van der Waals surface area contributed by atoms with E-state index in [1.54, 1.807) is 10.9 Å². The van der Waals surface area contributed by atoms with Crippen molar-refractivity contribution in [2.45, 2.75) is 13.3 Å². The van der Waals surface area contributed by atoms with E-state index in [0.717, 1.165) is 17.5 Å². The lowest BCUT2D eigenvalue weighted by atomic mass is 10.00. The molecule has 0 N–H and O–H groups in total. The highest BCUT2D eigenvalue weighted by Gasteiger charge is 2.12. The van der Waals surface area contributed by atoms with Crippen LogP contribution in [0.15, 0.2) is 60.9 Å². The quantitative estimate of drug-likeness (QED) is 0.454. The number of hydrogen-bond donors (Lipinski definition) is 0. The third-order valence-electron chi connectivity index (χ3n) is 4.20. The van der Waals surface area contributed by atoms with Crippen LogP contribution < -0.4 is 0 Å². The number of aromatic nitrogens is 2. The van der Waals surface area contributed by atoms with Crippen LogP contribution in [0.1, 0.15) is 22.9 Å². The monoisotopic (exact) mass is 342 g/mol. The largest absolute Gasteiger partial charge is 0.275 e. The zero-order valence-corrected chi connectivity index (χ0v) is 15.1. The molecule has 122 valence electrons. The van der Waals surface area contributed by atoms with E-state index in [0.29, 0.717) is 0 Å². The minimum absolute atomic E-state index is 0.936. The summed E-state index contributed by atoms with van der Waals surface area (Å²) in [5.74, 6) is 6.47. The molecule has 0 amide bonds. The maximum Gasteiger partial charge on any atom is 0.0646 e. The van der Waals surface area contributed by atoms with E-state index in [2.05, 4.69) is 72.4 Å². The minimum atomic E-state index is 0.936.